The summed E-state index contributed by atoms with van der Waals surface area (Å²) in [4.78, 5) is 12.3. The van der Waals surface area contributed by atoms with Gasteiger partial charge in [0, 0.05) is 10.0 Å². The predicted octanol–water partition coefficient (Wildman–Crippen LogP) is 4.90. The molecular formula is C19H17BrO3. The number of hydrogen-bond donors (Lipinski definition) is 0. The maximum absolute atomic E-state index is 12.3. The third-order valence-corrected chi connectivity index (χ3v) is 4.11. The Morgan fingerprint density at radius 2 is 1.65 bits per heavy atom. The summed E-state index contributed by atoms with van der Waals surface area (Å²) >= 11 is 3.39. The fourth-order valence-corrected chi connectivity index (χ4v) is 2.57. The number of rotatable bonds is 3. The van der Waals surface area contributed by atoms with Crippen molar-refractivity contribution in [3.05, 3.63) is 64.1 Å². The van der Waals surface area contributed by atoms with Crippen LogP contribution in [-0.4, -0.2) is 19.0 Å². The van der Waals surface area contributed by atoms with Gasteiger partial charge in [-0.15, -0.1) is 0 Å². The van der Waals surface area contributed by atoms with E-state index in [1.807, 2.05) is 30.3 Å². The Balaban J connectivity index is 1.76. The molecule has 4 heteroatoms. The molecule has 2 aromatic carbocycles. The molecule has 0 spiro atoms. The molecule has 1 aliphatic heterocycles. The maximum Gasteiger partial charge on any atom is 0.185 e. The number of allylic oxidation sites excluding steroid dienone is 1. The summed E-state index contributed by atoms with van der Waals surface area (Å²) in [5, 5.41) is 0. The molecule has 0 N–H and O–H groups in total. The van der Waals surface area contributed by atoms with E-state index in [1.165, 1.54) is 0 Å². The van der Waals surface area contributed by atoms with Crippen LogP contribution in [0.2, 0.25) is 0 Å². The molecule has 2 aromatic rings. The fourth-order valence-electron chi connectivity index (χ4n) is 2.30. The lowest BCUT2D eigenvalue weighted by Crippen LogP contribution is -2.09. The Morgan fingerprint density at radius 3 is 2.39 bits per heavy atom. The quantitative estimate of drug-likeness (QED) is 0.567. The number of halogens is 1. The smallest absolute Gasteiger partial charge is 0.185 e. The van der Waals surface area contributed by atoms with Gasteiger partial charge in [0.05, 0.1) is 13.2 Å². The first-order valence-corrected chi connectivity index (χ1v) is 8.39. The molecule has 118 valence electrons. The minimum atomic E-state index is -0.0543. The Morgan fingerprint density at radius 1 is 0.957 bits per heavy atom. The first-order chi connectivity index (χ1) is 11.2. The third-order valence-electron chi connectivity index (χ3n) is 3.58. The molecule has 0 aliphatic carbocycles. The number of ketones is 1. The zero-order chi connectivity index (χ0) is 16.1. The van der Waals surface area contributed by atoms with E-state index < -0.39 is 0 Å². The number of hydrogen-bond acceptors (Lipinski definition) is 3. The summed E-state index contributed by atoms with van der Waals surface area (Å²) in [6, 6.07) is 13.1. The monoisotopic (exact) mass is 372 g/mol. The molecule has 23 heavy (non-hydrogen) atoms. The summed E-state index contributed by atoms with van der Waals surface area (Å²) in [5.74, 6) is 1.30. The first kappa shape index (κ1) is 15.8. The van der Waals surface area contributed by atoms with Gasteiger partial charge < -0.3 is 9.47 Å². The average molecular weight is 373 g/mol. The topological polar surface area (TPSA) is 35.5 Å². The van der Waals surface area contributed by atoms with Crippen molar-refractivity contribution in [3.8, 4) is 11.5 Å². The highest BCUT2D eigenvalue weighted by Gasteiger charge is 2.12. The van der Waals surface area contributed by atoms with E-state index >= 15 is 0 Å². The Bertz CT molecular complexity index is 720. The van der Waals surface area contributed by atoms with Gasteiger partial charge >= 0.3 is 0 Å². The highest BCUT2D eigenvalue weighted by atomic mass is 79.9. The van der Waals surface area contributed by atoms with Gasteiger partial charge in [0.15, 0.2) is 17.3 Å². The van der Waals surface area contributed by atoms with Crippen LogP contribution in [0.4, 0.5) is 0 Å². The highest BCUT2D eigenvalue weighted by Crippen LogP contribution is 2.30. The lowest BCUT2D eigenvalue weighted by atomic mass is 10.1. The van der Waals surface area contributed by atoms with Gasteiger partial charge in [-0.05, 0) is 54.8 Å². The van der Waals surface area contributed by atoms with E-state index in [0.717, 1.165) is 22.9 Å². The van der Waals surface area contributed by atoms with Crippen LogP contribution >= 0.6 is 15.9 Å². The molecule has 0 fully saturated rings. The van der Waals surface area contributed by atoms with Gasteiger partial charge in [0.2, 0.25) is 0 Å². The zero-order valence-corrected chi connectivity index (χ0v) is 14.2. The van der Waals surface area contributed by atoms with Crippen LogP contribution in [0.3, 0.4) is 0 Å². The van der Waals surface area contributed by atoms with Gasteiger partial charge in [-0.2, -0.15) is 0 Å². The van der Waals surface area contributed by atoms with E-state index in [1.54, 1.807) is 24.3 Å². The number of carbonyl (C=O) groups excluding carboxylic acids is 1. The molecule has 0 bridgehead atoms. The van der Waals surface area contributed by atoms with Crippen molar-refractivity contribution >= 4 is 27.8 Å². The van der Waals surface area contributed by atoms with Crippen LogP contribution in [0, 0.1) is 0 Å². The summed E-state index contributed by atoms with van der Waals surface area (Å²) in [6.45, 7) is 1.34. The van der Waals surface area contributed by atoms with Crippen LogP contribution in [0.15, 0.2) is 53.0 Å². The van der Waals surface area contributed by atoms with Crippen molar-refractivity contribution in [2.45, 2.75) is 12.8 Å². The van der Waals surface area contributed by atoms with Crippen molar-refractivity contribution in [1.29, 1.82) is 0 Å². The predicted molar refractivity (Wildman–Crippen MR) is 94.2 cm³/mol. The van der Waals surface area contributed by atoms with E-state index in [4.69, 9.17) is 9.47 Å². The molecule has 0 saturated heterocycles. The minimum Gasteiger partial charge on any atom is -0.490 e. The van der Waals surface area contributed by atoms with Crippen molar-refractivity contribution in [1.82, 2.24) is 0 Å². The maximum atomic E-state index is 12.3. The van der Waals surface area contributed by atoms with Gasteiger partial charge in [0.25, 0.3) is 0 Å². The summed E-state index contributed by atoms with van der Waals surface area (Å²) in [7, 11) is 0. The van der Waals surface area contributed by atoms with E-state index in [-0.39, 0.29) is 5.78 Å². The average Bonchev–Trinajstić information content (AvgIpc) is 2.54. The van der Waals surface area contributed by atoms with Crippen LogP contribution < -0.4 is 9.47 Å². The van der Waals surface area contributed by atoms with Crippen LogP contribution in [-0.2, 0) is 0 Å². The fraction of sp³-hybridized carbons (Fsp3) is 0.211. The van der Waals surface area contributed by atoms with Crippen LogP contribution in [0.25, 0.3) is 6.08 Å². The van der Waals surface area contributed by atoms with Gasteiger partial charge in [-0.25, -0.2) is 0 Å². The number of carbonyl (C=O) groups is 1. The molecule has 0 aromatic heterocycles. The molecule has 1 aliphatic rings. The molecule has 3 nitrogen and oxygen atoms in total. The second kappa shape index (κ2) is 7.47. The van der Waals surface area contributed by atoms with Crippen LogP contribution in [0.5, 0.6) is 11.5 Å². The van der Waals surface area contributed by atoms with Crippen molar-refractivity contribution < 1.29 is 14.3 Å². The summed E-state index contributed by atoms with van der Waals surface area (Å²) < 4.78 is 12.3. The molecular weight excluding hydrogens is 356 g/mol. The largest absolute Gasteiger partial charge is 0.490 e. The molecule has 0 amide bonds. The molecule has 0 atom stereocenters. The summed E-state index contributed by atoms with van der Waals surface area (Å²) in [5.41, 5.74) is 1.58. The molecule has 0 saturated carbocycles. The second-order valence-electron chi connectivity index (χ2n) is 5.31. The minimum absolute atomic E-state index is 0.0543. The molecule has 3 rings (SSSR count). The van der Waals surface area contributed by atoms with Gasteiger partial charge in [-0.3, -0.25) is 4.79 Å². The van der Waals surface area contributed by atoms with Crippen molar-refractivity contribution in [2.75, 3.05) is 13.2 Å². The van der Waals surface area contributed by atoms with Crippen LogP contribution in [0.1, 0.15) is 28.8 Å². The zero-order valence-electron chi connectivity index (χ0n) is 12.6. The normalized spacial score (nSPS) is 14.3. The molecule has 0 radical (unpaired) electrons. The van der Waals surface area contributed by atoms with E-state index in [0.29, 0.717) is 30.3 Å². The molecule has 1 heterocycles. The molecule has 0 unspecified atom stereocenters. The van der Waals surface area contributed by atoms with Gasteiger partial charge in [-0.1, -0.05) is 34.1 Å². The van der Waals surface area contributed by atoms with E-state index in [2.05, 4.69) is 15.9 Å². The van der Waals surface area contributed by atoms with Crippen molar-refractivity contribution in [2.24, 2.45) is 0 Å². The standard InChI is InChI=1S/C19H17BrO3/c20-16-7-3-14(4-8-16)5-9-17(21)15-6-10-18-19(13-15)23-12-2-1-11-22-18/h3-10,13H,1-2,11-12H2/b9-5+. The van der Waals surface area contributed by atoms with E-state index in [9.17, 15) is 4.79 Å². The Hall–Kier alpha value is -2.07. The lowest BCUT2D eigenvalue weighted by Gasteiger charge is -2.16. The number of benzene rings is 2. The first-order valence-electron chi connectivity index (χ1n) is 7.60. The Labute approximate surface area is 144 Å². The number of ether oxygens (including phenoxy) is 2. The number of fused-ring (bicyclic) bond motifs is 1. The Kier molecular flexibility index (Phi) is 5.13. The third kappa shape index (κ3) is 4.23. The SMILES string of the molecule is O=C(/C=C/c1ccc(Br)cc1)c1ccc2c(c1)OCCCCO2. The second-order valence-corrected chi connectivity index (χ2v) is 6.23. The lowest BCUT2D eigenvalue weighted by molar-refractivity contribution is 0.104. The highest BCUT2D eigenvalue weighted by molar-refractivity contribution is 9.10. The van der Waals surface area contributed by atoms with Crippen molar-refractivity contribution in [3.63, 3.8) is 0 Å². The van der Waals surface area contributed by atoms with Gasteiger partial charge in [0.1, 0.15) is 0 Å². The summed E-state index contributed by atoms with van der Waals surface area (Å²) in [6.07, 6.45) is 5.33.